The van der Waals surface area contributed by atoms with E-state index in [4.69, 9.17) is 5.73 Å². The Kier molecular flexibility index (Phi) is 3.94. The molecule has 3 N–H and O–H groups in total. The first-order valence-corrected chi connectivity index (χ1v) is 6.04. The average Bonchev–Trinajstić information content (AvgIpc) is 2.73. The molecule has 0 radical (unpaired) electrons. The van der Waals surface area contributed by atoms with Crippen molar-refractivity contribution in [3.05, 3.63) is 30.3 Å². The van der Waals surface area contributed by atoms with E-state index >= 15 is 0 Å². The number of carbonyl (C=O) groups excluding carboxylic acids is 2. The van der Waals surface area contributed by atoms with Crippen molar-refractivity contribution in [3.8, 4) is 0 Å². The summed E-state index contributed by atoms with van der Waals surface area (Å²) in [5.74, 6) is -0.369. The number of likely N-dealkylation sites (tertiary alicyclic amines) is 1. The van der Waals surface area contributed by atoms with E-state index in [-0.39, 0.29) is 24.2 Å². The quantitative estimate of drug-likeness (QED) is 0.810. The Morgan fingerprint density at radius 3 is 2.78 bits per heavy atom. The Balaban J connectivity index is 1.93. The number of benzene rings is 1. The van der Waals surface area contributed by atoms with Gasteiger partial charge in [0.1, 0.15) is 0 Å². The van der Waals surface area contributed by atoms with Crippen LogP contribution in [0.5, 0.6) is 0 Å². The number of nitrogens with zero attached hydrogens (tertiary/aromatic N) is 1. The third-order valence-electron chi connectivity index (χ3n) is 3.03. The third kappa shape index (κ3) is 2.87. The molecule has 1 aromatic carbocycles. The zero-order valence-electron chi connectivity index (χ0n) is 10.1. The van der Waals surface area contributed by atoms with Gasteiger partial charge in [-0.3, -0.25) is 9.59 Å². The minimum Gasteiger partial charge on any atom is -0.341 e. The highest BCUT2D eigenvalue weighted by Crippen LogP contribution is 2.19. The molecule has 5 heteroatoms. The first-order valence-electron chi connectivity index (χ1n) is 6.04. The lowest BCUT2D eigenvalue weighted by Gasteiger charge is -2.15. The smallest absolute Gasteiger partial charge is 0.229 e. The van der Waals surface area contributed by atoms with Crippen LogP contribution in [0.1, 0.15) is 6.42 Å². The van der Waals surface area contributed by atoms with Gasteiger partial charge in [0.15, 0.2) is 0 Å². The highest BCUT2D eigenvalue weighted by atomic mass is 16.2. The second-order valence-electron chi connectivity index (χ2n) is 4.38. The first kappa shape index (κ1) is 12.6. The van der Waals surface area contributed by atoms with Crippen LogP contribution in [0.3, 0.4) is 0 Å². The molecule has 0 aliphatic carbocycles. The molecule has 0 aromatic heterocycles. The molecule has 1 fully saturated rings. The predicted octanol–water partition coefficient (Wildman–Crippen LogP) is 0.432. The Hall–Kier alpha value is -1.88. The fourth-order valence-electron chi connectivity index (χ4n) is 2.09. The van der Waals surface area contributed by atoms with Gasteiger partial charge >= 0.3 is 0 Å². The van der Waals surface area contributed by atoms with Crippen LogP contribution < -0.4 is 11.1 Å². The predicted molar refractivity (Wildman–Crippen MR) is 68.8 cm³/mol. The molecule has 1 heterocycles. The normalized spacial score (nSPS) is 19.1. The van der Waals surface area contributed by atoms with E-state index in [1.807, 2.05) is 30.3 Å². The average molecular weight is 247 g/mol. The summed E-state index contributed by atoms with van der Waals surface area (Å²) in [5.41, 5.74) is 6.18. The lowest BCUT2D eigenvalue weighted by molar-refractivity contribution is -0.128. The molecular weight excluding hydrogens is 230 g/mol. The highest BCUT2D eigenvalue weighted by molar-refractivity contribution is 5.97. The standard InChI is InChI=1S/C13H17N3O2/c14-6-7-16-9-10(8-12(16)17)13(18)15-11-4-2-1-3-5-11/h1-5,10H,6-9,14H2,(H,15,18). The van der Waals surface area contributed by atoms with Crippen molar-refractivity contribution >= 4 is 17.5 Å². The van der Waals surface area contributed by atoms with Gasteiger partial charge in [-0.25, -0.2) is 0 Å². The van der Waals surface area contributed by atoms with Crippen LogP contribution in [0.25, 0.3) is 0 Å². The van der Waals surface area contributed by atoms with E-state index in [2.05, 4.69) is 5.32 Å². The maximum absolute atomic E-state index is 12.0. The molecular formula is C13H17N3O2. The number of nitrogens with one attached hydrogen (secondary N) is 1. The maximum atomic E-state index is 12.0. The van der Waals surface area contributed by atoms with Gasteiger partial charge in [0.05, 0.1) is 5.92 Å². The summed E-state index contributed by atoms with van der Waals surface area (Å²) < 4.78 is 0. The van der Waals surface area contributed by atoms with E-state index in [0.717, 1.165) is 5.69 Å². The number of carbonyl (C=O) groups is 2. The first-order chi connectivity index (χ1) is 8.70. The molecule has 1 aliphatic heterocycles. The molecule has 1 atom stereocenters. The van der Waals surface area contributed by atoms with Crippen molar-refractivity contribution in [2.45, 2.75) is 6.42 Å². The molecule has 0 spiro atoms. The summed E-state index contributed by atoms with van der Waals surface area (Å²) >= 11 is 0. The van der Waals surface area contributed by atoms with Gasteiger partial charge < -0.3 is 16.0 Å². The van der Waals surface area contributed by atoms with Crippen molar-refractivity contribution < 1.29 is 9.59 Å². The van der Waals surface area contributed by atoms with Crippen LogP contribution in [0.2, 0.25) is 0 Å². The molecule has 2 rings (SSSR count). The molecule has 1 aliphatic rings. The van der Waals surface area contributed by atoms with E-state index in [0.29, 0.717) is 19.6 Å². The lowest BCUT2D eigenvalue weighted by atomic mass is 10.1. The molecule has 96 valence electrons. The molecule has 1 saturated heterocycles. The molecule has 5 nitrogen and oxygen atoms in total. The van der Waals surface area contributed by atoms with Gasteiger partial charge in [0, 0.05) is 31.7 Å². The molecule has 0 saturated carbocycles. The van der Waals surface area contributed by atoms with Crippen LogP contribution in [0.15, 0.2) is 30.3 Å². The van der Waals surface area contributed by atoms with Crippen LogP contribution in [0.4, 0.5) is 5.69 Å². The SMILES string of the molecule is NCCN1CC(C(=O)Nc2ccccc2)CC1=O. The topological polar surface area (TPSA) is 75.4 Å². The van der Waals surface area contributed by atoms with Gasteiger partial charge in [-0.15, -0.1) is 0 Å². The number of hydrogen-bond acceptors (Lipinski definition) is 3. The maximum Gasteiger partial charge on any atom is 0.229 e. The number of rotatable bonds is 4. The Labute approximate surface area is 106 Å². The van der Waals surface area contributed by atoms with Crippen LogP contribution >= 0.6 is 0 Å². The number of para-hydroxylation sites is 1. The van der Waals surface area contributed by atoms with Crippen molar-refractivity contribution in [3.63, 3.8) is 0 Å². The van der Waals surface area contributed by atoms with Crippen LogP contribution in [-0.4, -0.2) is 36.3 Å². The second kappa shape index (κ2) is 5.64. The third-order valence-corrected chi connectivity index (χ3v) is 3.03. The monoisotopic (exact) mass is 247 g/mol. The molecule has 1 aromatic rings. The number of hydrogen-bond donors (Lipinski definition) is 2. The minimum absolute atomic E-state index is 0.00802. The summed E-state index contributed by atoms with van der Waals surface area (Å²) in [4.78, 5) is 25.3. The van der Waals surface area contributed by atoms with Crippen LogP contribution in [-0.2, 0) is 9.59 Å². The summed E-state index contributed by atoms with van der Waals surface area (Å²) in [6, 6.07) is 9.25. The Morgan fingerprint density at radius 2 is 2.11 bits per heavy atom. The lowest BCUT2D eigenvalue weighted by Crippen LogP contribution is -2.32. The fourth-order valence-corrected chi connectivity index (χ4v) is 2.09. The van der Waals surface area contributed by atoms with E-state index < -0.39 is 0 Å². The van der Waals surface area contributed by atoms with Crippen molar-refractivity contribution in [1.29, 1.82) is 0 Å². The van der Waals surface area contributed by atoms with Crippen molar-refractivity contribution in [2.24, 2.45) is 11.7 Å². The summed E-state index contributed by atoms with van der Waals surface area (Å²) in [7, 11) is 0. The molecule has 18 heavy (non-hydrogen) atoms. The Bertz CT molecular complexity index is 433. The minimum atomic E-state index is -0.274. The molecule has 2 amide bonds. The van der Waals surface area contributed by atoms with E-state index in [9.17, 15) is 9.59 Å². The summed E-state index contributed by atoms with van der Waals surface area (Å²) in [6.07, 6.45) is 0.276. The van der Waals surface area contributed by atoms with Gasteiger partial charge in [-0.05, 0) is 12.1 Å². The van der Waals surface area contributed by atoms with Gasteiger partial charge in [0.2, 0.25) is 11.8 Å². The van der Waals surface area contributed by atoms with Crippen molar-refractivity contribution in [2.75, 3.05) is 25.0 Å². The summed E-state index contributed by atoms with van der Waals surface area (Å²) in [5, 5.41) is 2.82. The van der Waals surface area contributed by atoms with Gasteiger partial charge in [0.25, 0.3) is 0 Å². The second-order valence-corrected chi connectivity index (χ2v) is 4.38. The zero-order chi connectivity index (χ0) is 13.0. The Morgan fingerprint density at radius 1 is 1.39 bits per heavy atom. The van der Waals surface area contributed by atoms with E-state index in [1.165, 1.54) is 0 Å². The number of anilines is 1. The molecule has 0 bridgehead atoms. The van der Waals surface area contributed by atoms with Crippen molar-refractivity contribution in [1.82, 2.24) is 4.90 Å². The number of nitrogens with two attached hydrogens (primary N) is 1. The molecule has 1 unspecified atom stereocenters. The number of amides is 2. The van der Waals surface area contributed by atoms with E-state index in [1.54, 1.807) is 4.90 Å². The van der Waals surface area contributed by atoms with Crippen LogP contribution in [0, 0.1) is 5.92 Å². The highest BCUT2D eigenvalue weighted by Gasteiger charge is 2.33. The van der Waals surface area contributed by atoms with Gasteiger partial charge in [-0.2, -0.15) is 0 Å². The summed E-state index contributed by atoms with van der Waals surface area (Å²) in [6.45, 7) is 1.42. The zero-order valence-corrected chi connectivity index (χ0v) is 10.1. The van der Waals surface area contributed by atoms with Gasteiger partial charge in [-0.1, -0.05) is 18.2 Å². The fraction of sp³-hybridized carbons (Fsp3) is 0.385. The largest absolute Gasteiger partial charge is 0.341 e.